The van der Waals surface area contributed by atoms with Gasteiger partial charge in [0.25, 0.3) is 0 Å². The van der Waals surface area contributed by atoms with Crippen molar-refractivity contribution in [3.63, 3.8) is 0 Å². The number of hydrogen-bond acceptors (Lipinski definition) is 3. The van der Waals surface area contributed by atoms with E-state index in [0.717, 1.165) is 0 Å². The summed E-state index contributed by atoms with van der Waals surface area (Å²) in [5, 5.41) is 0. The number of ether oxygens (including phenoxy) is 1. The van der Waals surface area contributed by atoms with Gasteiger partial charge in [-0.2, -0.15) is 0 Å². The van der Waals surface area contributed by atoms with Crippen LogP contribution >= 0.6 is 0 Å². The fourth-order valence-electron chi connectivity index (χ4n) is 1.50. The second-order valence-corrected chi connectivity index (χ2v) is 3.06. The molecule has 0 N–H and O–H groups in total. The number of hydrogen-bond donors (Lipinski definition) is 0. The van der Waals surface area contributed by atoms with Crippen molar-refractivity contribution >= 4 is 12.3 Å². The van der Waals surface area contributed by atoms with E-state index in [1.165, 1.54) is 6.07 Å². The quantitative estimate of drug-likeness (QED) is 0.525. The molecule has 0 bridgehead atoms. The molecule has 3 nitrogen and oxygen atoms in total. The molecule has 0 spiro atoms. The Labute approximate surface area is 79.5 Å². The maximum absolute atomic E-state index is 13.3. The molecule has 0 fully saturated rings. The summed E-state index contributed by atoms with van der Waals surface area (Å²) < 4.78 is 18.0. The SMILES string of the molecule is O=CCc1cc(F)c2c(c1)COC2=O. The summed E-state index contributed by atoms with van der Waals surface area (Å²) in [6.45, 7) is 0.0950. The van der Waals surface area contributed by atoms with Crippen LogP contribution in [0.1, 0.15) is 21.5 Å². The molecule has 2 rings (SSSR count). The molecule has 0 aliphatic carbocycles. The van der Waals surface area contributed by atoms with Crippen LogP contribution in [-0.2, 0) is 22.6 Å². The molecule has 72 valence electrons. The molecule has 0 amide bonds. The summed E-state index contributed by atoms with van der Waals surface area (Å²) in [6, 6.07) is 2.82. The van der Waals surface area contributed by atoms with Crippen molar-refractivity contribution in [1.82, 2.24) is 0 Å². The molecule has 1 aromatic carbocycles. The number of rotatable bonds is 2. The molecule has 1 aromatic rings. The van der Waals surface area contributed by atoms with Crippen molar-refractivity contribution in [3.8, 4) is 0 Å². The Morgan fingerprint density at radius 3 is 3.00 bits per heavy atom. The predicted molar refractivity (Wildman–Crippen MR) is 45.3 cm³/mol. The average Bonchev–Trinajstić information content (AvgIpc) is 2.48. The van der Waals surface area contributed by atoms with E-state index in [-0.39, 0.29) is 18.6 Å². The lowest BCUT2D eigenvalue weighted by molar-refractivity contribution is -0.107. The monoisotopic (exact) mass is 194 g/mol. The summed E-state index contributed by atoms with van der Waals surface area (Å²) >= 11 is 0. The van der Waals surface area contributed by atoms with E-state index in [1.54, 1.807) is 6.07 Å². The van der Waals surface area contributed by atoms with Crippen LogP contribution in [0.3, 0.4) is 0 Å². The lowest BCUT2D eigenvalue weighted by atomic mass is 10.0. The summed E-state index contributed by atoms with van der Waals surface area (Å²) in [4.78, 5) is 21.3. The van der Waals surface area contributed by atoms with Crippen LogP contribution in [0, 0.1) is 5.82 Å². The van der Waals surface area contributed by atoms with E-state index in [2.05, 4.69) is 4.74 Å². The highest BCUT2D eigenvalue weighted by Gasteiger charge is 2.25. The maximum atomic E-state index is 13.3. The molecular formula is C10H7FO3. The van der Waals surface area contributed by atoms with Gasteiger partial charge in [0, 0.05) is 12.0 Å². The van der Waals surface area contributed by atoms with Crippen molar-refractivity contribution < 1.29 is 18.7 Å². The van der Waals surface area contributed by atoms with Crippen molar-refractivity contribution in [1.29, 1.82) is 0 Å². The molecule has 14 heavy (non-hydrogen) atoms. The number of halogens is 1. The number of carbonyl (C=O) groups excluding carboxylic acids is 2. The Hall–Kier alpha value is -1.71. The number of cyclic esters (lactones) is 1. The highest BCUT2D eigenvalue weighted by atomic mass is 19.1. The fraction of sp³-hybridized carbons (Fsp3) is 0.200. The molecule has 1 heterocycles. The van der Waals surface area contributed by atoms with Gasteiger partial charge >= 0.3 is 5.97 Å². The first-order valence-corrected chi connectivity index (χ1v) is 4.14. The Bertz CT molecular complexity index is 412. The Morgan fingerprint density at radius 2 is 2.29 bits per heavy atom. The standard InChI is InChI=1S/C10H7FO3/c11-8-4-6(1-2-12)3-7-5-14-10(13)9(7)8/h2-4H,1,5H2. The number of fused-ring (bicyclic) bond motifs is 1. The lowest BCUT2D eigenvalue weighted by Gasteiger charge is -1.99. The smallest absolute Gasteiger partial charge is 0.341 e. The van der Waals surface area contributed by atoms with E-state index >= 15 is 0 Å². The molecule has 0 saturated carbocycles. The van der Waals surface area contributed by atoms with Gasteiger partial charge in [-0.3, -0.25) is 0 Å². The number of aldehydes is 1. The zero-order chi connectivity index (χ0) is 10.1. The van der Waals surface area contributed by atoms with Gasteiger partial charge in [-0.05, 0) is 11.6 Å². The first kappa shape index (κ1) is 8.87. The Morgan fingerprint density at radius 1 is 1.50 bits per heavy atom. The lowest BCUT2D eigenvalue weighted by Crippen LogP contribution is -1.99. The van der Waals surface area contributed by atoms with E-state index in [0.29, 0.717) is 17.4 Å². The van der Waals surface area contributed by atoms with Gasteiger partial charge in [0.15, 0.2) is 0 Å². The average molecular weight is 194 g/mol. The largest absolute Gasteiger partial charge is 0.457 e. The molecule has 0 unspecified atom stereocenters. The predicted octanol–water partition coefficient (Wildman–Crippen LogP) is 1.24. The van der Waals surface area contributed by atoms with Gasteiger partial charge in [0.05, 0.1) is 0 Å². The molecule has 0 radical (unpaired) electrons. The van der Waals surface area contributed by atoms with Crippen LogP contribution in [0.15, 0.2) is 12.1 Å². The number of esters is 1. The first-order valence-electron chi connectivity index (χ1n) is 4.14. The highest BCUT2D eigenvalue weighted by Crippen LogP contribution is 2.24. The summed E-state index contributed by atoms with van der Waals surface area (Å²) in [5.41, 5.74) is 1.08. The molecule has 0 saturated heterocycles. The maximum Gasteiger partial charge on any atom is 0.341 e. The van der Waals surface area contributed by atoms with Crippen LogP contribution in [-0.4, -0.2) is 12.3 Å². The molecular weight excluding hydrogens is 187 g/mol. The van der Waals surface area contributed by atoms with E-state index in [4.69, 9.17) is 0 Å². The fourth-order valence-corrected chi connectivity index (χ4v) is 1.50. The molecule has 1 aliphatic heterocycles. The van der Waals surface area contributed by atoms with Crippen molar-refractivity contribution in [2.24, 2.45) is 0 Å². The third-order valence-corrected chi connectivity index (χ3v) is 2.11. The zero-order valence-corrected chi connectivity index (χ0v) is 7.25. The summed E-state index contributed by atoms with van der Waals surface area (Å²) in [6.07, 6.45) is 0.844. The highest BCUT2D eigenvalue weighted by molar-refractivity contribution is 5.93. The van der Waals surface area contributed by atoms with Crippen LogP contribution < -0.4 is 0 Å². The van der Waals surface area contributed by atoms with E-state index in [9.17, 15) is 14.0 Å². The van der Waals surface area contributed by atoms with Gasteiger partial charge < -0.3 is 9.53 Å². The minimum Gasteiger partial charge on any atom is -0.457 e. The van der Waals surface area contributed by atoms with Crippen LogP contribution in [0.5, 0.6) is 0 Å². The molecule has 0 atom stereocenters. The van der Waals surface area contributed by atoms with Crippen LogP contribution in [0.4, 0.5) is 4.39 Å². The van der Waals surface area contributed by atoms with Gasteiger partial charge in [0.2, 0.25) is 0 Å². The Balaban J connectivity index is 2.50. The van der Waals surface area contributed by atoms with Crippen molar-refractivity contribution in [2.45, 2.75) is 13.0 Å². The first-order chi connectivity index (χ1) is 6.72. The van der Waals surface area contributed by atoms with E-state index < -0.39 is 11.8 Å². The molecule has 0 aromatic heterocycles. The number of carbonyl (C=O) groups is 2. The van der Waals surface area contributed by atoms with Gasteiger partial charge in [-0.15, -0.1) is 0 Å². The van der Waals surface area contributed by atoms with Gasteiger partial charge in [-0.25, -0.2) is 9.18 Å². The zero-order valence-electron chi connectivity index (χ0n) is 7.25. The topological polar surface area (TPSA) is 43.4 Å². The normalized spacial score (nSPS) is 13.6. The molecule has 4 heteroatoms. The minimum absolute atomic E-state index is 0.000325. The second kappa shape index (κ2) is 3.21. The summed E-state index contributed by atoms with van der Waals surface area (Å²) in [5.74, 6) is -1.24. The van der Waals surface area contributed by atoms with Crippen molar-refractivity contribution in [3.05, 3.63) is 34.6 Å². The molecule has 1 aliphatic rings. The third-order valence-electron chi connectivity index (χ3n) is 2.11. The third kappa shape index (κ3) is 1.28. The van der Waals surface area contributed by atoms with Crippen molar-refractivity contribution in [2.75, 3.05) is 0 Å². The van der Waals surface area contributed by atoms with Gasteiger partial charge in [0.1, 0.15) is 24.3 Å². The van der Waals surface area contributed by atoms with Gasteiger partial charge in [-0.1, -0.05) is 6.07 Å². The van der Waals surface area contributed by atoms with Crippen LogP contribution in [0.25, 0.3) is 0 Å². The summed E-state index contributed by atoms with van der Waals surface area (Å²) in [7, 11) is 0. The minimum atomic E-state index is -0.629. The van der Waals surface area contributed by atoms with E-state index in [1.807, 2.05) is 0 Å². The van der Waals surface area contributed by atoms with Crippen LogP contribution in [0.2, 0.25) is 0 Å². The Kier molecular flexibility index (Phi) is 2.04. The number of benzene rings is 1. The second-order valence-electron chi connectivity index (χ2n) is 3.06.